The monoisotopic (exact) mass is 466 g/mol. The van der Waals surface area contributed by atoms with E-state index in [0.717, 1.165) is 11.8 Å². The highest BCUT2D eigenvalue weighted by Gasteiger charge is 2.33. The lowest BCUT2D eigenvalue weighted by Crippen LogP contribution is -2.27. The van der Waals surface area contributed by atoms with Gasteiger partial charge in [-0.2, -0.15) is 0 Å². The minimum atomic E-state index is -0.513. The van der Waals surface area contributed by atoms with Crippen molar-refractivity contribution in [2.24, 2.45) is 0 Å². The molecule has 0 saturated carbocycles. The number of ether oxygens (including phenoxy) is 1. The van der Waals surface area contributed by atoms with Crippen LogP contribution in [0.5, 0.6) is 0 Å². The first-order valence-electron chi connectivity index (χ1n) is 9.19. The SMILES string of the molecule is COC(=O)c1ccccc1-c1ccc(C=C2SC(=S)N(c3ccc([N+](=O)[O-])cc3)C2=O)o1. The Balaban J connectivity index is 1.60. The van der Waals surface area contributed by atoms with Gasteiger partial charge < -0.3 is 9.15 Å². The van der Waals surface area contributed by atoms with Crippen LogP contribution in [0.3, 0.4) is 0 Å². The van der Waals surface area contributed by atoms with Gasteiger partial charge in [0.1, 0.15) is 11.5 Å². The minimum Gasteiger partial charge on any atom is -0.465 e. The zero-order valence-corrected chi connectivity index (χ0v) is 18.1. The van der Waals surface area contributed by atoms with E-state index in [4.69, 9.17) is 21.4 Å². The van der Waals surface area contributed by atoms with Gasteiger partial charge in [-0.3, -0.25) is 19.8 Å². The van der Waals surface area contributed by atoms with Gasteiger partial charge in [0, 0.05) is 23.8 Å². The molecule has 0 atom stereocenters. The Kier molecular flexibility index (Phi) is 5.89. The number of nitro benzene ring substituents is 1. The van der Waals surface area contributed by atoms with E-state index in [1.165, 1.54) is 36.3 Å². The Labute approximate surface area is 191 Å². The third kappa shape index (κ3) is 4.05. The Morgan fingerprint density at radius 2 is 1.88 bits per heavy atom. The zero-order chi connectivity index (χ0) is 22.8. The number of rotatable bonds is 5. The van der Waals surface area contributed by atoms with Gasteiger partial charge in [-0.25, -0.2) is 4.79 Å². The third-order valence-corrected chi connectivity index (χ3v) is 5.91. The largest absolute Gasteiger partial charge is 0.465 e. The van der Waals surface area contributed by atoms with E-state index in [-0.39, 0.29) is 11.6 Å². The molecule has 0 unspecified atom stereocenters. The average molecular weight is 466 g/mol. The number of hydrogen-bond donors (Lipinski definition) is 0. The molecule has 0 aliphatic carbocycles. The molecule has 0 spiro atoms. The van der Waals surface area contributed by atoms with Crippen molar-refractivity contribution in [1.82, 2.24) is 0 Å². The molecule has 1 amide bonds. The number of benzene rings is 2. The minimum absolute atomic E-state index is 0.0786. The molecule has 1 aromatic heterocycles. The van der Waals surface area contributed by atoms with Crippen molar-refractivity contribution in [1.29, 1.82) is 0 Å². The molecule has 1 saturated heterocycles. The molecule has 2 heterocycles. The lowest BCUT2D eigenvalue weighted by atomic mass is 10.1. The van der Waals surface area contributed by atoms with Gasteiger partial charge in [0.15, 0.2) is 4.32 Å². The van der Waals surface area contributed by atoms with Crippen molar-refractivity contribution in [3.8, 4) is 11.3 Å². The van der Waals surface area contributed by atoms with Crippen LogP contribution in [0.25, 0.3) is 17.4 Å². The number of nitro groups is 1. The summed E-state index contributed by atoms with van der Waals surface area (Å²) in [5.74, 6) is 0.0104. The highest BCUT2D eigenvalue weighted by Crippen LogP contribution is 2.37. The van der Waals surface area contributed by atoms with Crippen LogP contribution in [0.15, 0.2) is 70.0 Å². The average Bonchev–Trinajstić information content (AvgIpc) is 3.37. The number of amides is 1. The van der Waals surface area contributed by atoms with E-state index in [1.54, 1.807) is 42.5 Å². The molecule has 4 rings (SSSR count). The quantitative estimate of drug-likeness (QED) is 0.169. The number of carbonyl (C=O) groups excluding carboxylic acids is 2. The van der Waals surface area contributed by atoms with Gasteiger partial charge >= 0.3 is 5.97 Å². The van der Waals surface area contributed by atoms with Gasteiger partial charge in [0.25, 0.3) is 11.6 Å². The fourth-order valence-corrected chi connectivity index (χ4v) is 4.38. The molecule has 0 bridgehead atoms. The topological polar surface area (TPSA) is 103 Å². The number of non-ortho nitro benzene ring substituents is 1. The summed E-state index contributed by atoms with van der Waals surface area (Å²) < 4.78 is 11.0. The fourth-order valence-electron chi connectivity index (χ4n) is 3.10. The lowest BCUT2D eigenvalue weighted by Gasteiger charge is -2.13. The molecule has 10 heteroatoms. The van der Waals surface area contributed by atoms with Crippen LogP contribution in [-0.4, -0.2) is 28.2 Å². The molecule has 1 aliphatic rings. The maximum Gasteiger partial charge on any atom is 0.338 e. The molecule has 1 aliphatic heterocycles. The molecular weight excluding hydrogens is 452 g/mol. The van der Waals surface area contributed by atoms with Gasteiger partial charge in [0.05, 0.1) is 28.2 Å². The Morgan fingerprint density at radius 1 is 1.16 bits per heavy atom. The maximum absolute atomic E-state index is 12.9. The summed E-state index contributed by atoms with van der Waals surface area (Å²) >= 11 is 6.43. The number of thioether (sulfide) groups is 1. The molecule has 2 aromatic carbocycles. The van der Waals surface area contributed by atoms with Crippen molar-refractivity contribution < 1.29 is 23.7 Å². The molecular formula is C22H14N2O6S2. The van der Waals surface area contributed by atoms with Crippen molar-refractivity contribution >= 4 is 57.6 Å². The number of hydrogen-bond acceptors (Lipinski definition) is 8. The molecule has 0 N–H and O–H groups in total. The standard InChI is InChI=1S/C22H14N2O6S2/c1-29-21(26)17-5-3-2-4-16(17)18-11-10-15(30-18)12-19-20(25)23(22(31)32-19)13-6-8-14(9-7-13)24(27)28/h2-12H,1H3. The van der Waals surface area contributed by atoms with Crippen molar-refractivity contribution in [3.63, 3.8) is 0 Å². The normalized spacial score (nSPS) is 14.8. The summed E-state index contributed by atoms with van der Waals surface area (Å²) in [7, 11) is 1.31. The summed E-state index contributed by atoms with van der Waals surface area (Å²) in [5.41, 5.74) is 1.29. The zero-order valence-electron chi connectivity index (χ0n) is 16.5. The summed E-state index contributed by atoms with van der Waals surface area (Å²) in [6.07, 6.45) is 1.56. The van der Waals surface area contributed by atoms with E-state index in [0.29, 0.717) is 37.6 Å². The molecule has 1 fully saturated rings. The summed E-state index contributed by atoms with van der Waals surface area (Å²) in [5, 5.41) is 10.8. The van der Waals surface area contributed by atoms with E-state index in [9.17, 15) is 19.7 Å². The van der Waals surface area contributed by atoms with Crippen LogP contribution in [0, 0.1) is 10.1 Å². The Morgan fingerprint density at radius 3 is 2.56 bits per heavy atom. The van der Waals surface area contributed by atoms with Gasteiger partial charge in [-0.15, -0.1) is 0 Å². The first kappa shape index (κ1) is 21.5. The second-order valence-electron chi connectivity index (χ2n) is 6.53. The first-order valence-corrected chi connectivity index (χ1v) is 10.4. The van der Waals surface area contributed by atoms with Gasteiger partial charge in [-0.1, -0.05) is 42.2 Å². The second-order valence-corrected chi connectivity index (χ2v) is 8.21. The molecule has 8 nitrogen and oxygen atoms in total. The number of furan rings is 1. The van der Waals surface area contributed by atoms with Crippen LogP contribution in [0.2, 0.25) is 0 Å². The van der Waals surface area contributed by atoms with Crippen molar-refractivity contribution in [3.05, 3.63) is 87.0 Å². The van der Waals surface area contributed by atoms with Crippen LogP contribution in [0.4, 0.5) is 11.4 Å². The van der Waals surface area contributed by atoms with Crippen LogP contribution in [0.1, 0.15) is 16.1 Å². The Hall–Kier alpha value is -3.76. The number of methoxy groups -OCH3 is 1. The number of esters is 1. The van der Waals surface area contributed by atoms with E-state index >= 15 is 0 Å². The van der Waals surface area contributed by atoms with E-state index in [1.807, 2.05) is 0 Å². The Bertz CT molecular complexity index is 1280. The van der Waals surface area contributed by atoms with Crippen molar-refractivity contribution in [2.75, 3.05) is 12.0 Å². The predicted octanol–water partition coefficient (Wildman–Crippen LogP) is 5.05. The van der Waals surface area contributed by atoms with E-state index in [2.05, 4.69) is 0 Å². The number of nitrogens with zero attached hydrogens (tertiary/aromatic N) is 2. The summed E-state index contributed by atoms with van der Waals surface area (Å²) in [6.45, 7) is 0. The summed E-state index contributed by atoms with van der Waals surface area (Å²) in [4.78, 5) is 36.9. The smallest absolute Gasteiger partial charge is 0.338 e. The van der Waals surface area contributed by atoms with Gasteiger partial charge in [-0.05, 0) is 30.3 Å². The van der Waals surface area contributed by atoms with Crippen molar-refractivity contribution in [2.45, 2.75) is 0 Å². The summed E-state index contributed by atoms with van der Waals surface area (Å²) in [6, 6.07) is 15.8. The fraction of sp³-hybridized carbons (Fsp3) is 0.0455. The van der Waals surface area contributed by atoms with Crippen LogP contribution in [-0.2, 0) is 9.53 Å². The molecule has 32 heavy (non-hydrogen) atoms. The van der Waals surface area contributed by atoms with Crippen LogP contribution >= 0.6 is 24.0 Å². The number of anilines is 1. The molecule has 3 aromatic rings. The third-order valence-electron chi connectivity index (χ3n) is 4.61. The lowest BCUT2D eigenvalue weighted by molar-refractivity contribution is -0.384. The predicted molar refractivity (Wildman–Crippen MR) is 124 cm³/mol. The first-order chi connectivity index (χ1) is 15.4. The molecule has 0 radical (unpaired) electrons. The van der Waals surface area contributed by atoms with E-state index < -0.39 is 10.9 Å². The second kappa shape index (κ2) is 8.77. The number of carbonyl (C=O) groups is 2. The maximum atomic E-state index is 12.9. The highest BCUT2D eigenvalue weighted by atomic mass is 32.2. The van der Waals surface area contributed by atoms with Gasteiger partial charge in [0.2, 0.25) is 0 Å². The number of thiocarbonyl (C=S) groups is 1. The highest BCUT2D eigenvalue weighted by molar-refractivity contribution is 8.27. The van der Waals surface area contributed by atoms with Crippen LogP contribution < -0.4 is 4.90 Å². The molecule has 160 valence electrons.